The SMILES string of the molecule is CCOC(=O)CCCCCN[C@@H](C)C1CCCC1. The van der Waals surface area contributed by atoms with Crippen molar-refractivity contribution in [2.24, 2.45) is 5.92 Å². The number of ether oxygens (including phenoxy) is 1. The quantitative estimate of drug-likeness (QED) is 0.507. The number of nitrogens with one attached hydrogen (secondary N) is 1. The molecular formula is C15H29NO2. The van der Waals surface area contributed by atoms with Gasteiger partial charge in [0.2, 0.25) is 0 Å². The summed E-state index contributed by atoms with van der Waals surface area (Å²) in [4.78, 5) is 11.1. The zero-order valence-corrected chi connectivity index (χ0v) is 12.0. The van der Waals surface area contributed by atoms with Crippen LogP contribution in [0.3, 0.4) is 0 Å². The van der Waals surface area contributed by atoms with E-state index in [0.717, 1.165) is 31.7 Å². The van der Waals surface area contributed by atoms with Crippen molar-refractivity contribution >= 4 is 5.97 Å². The maximum absolute atomic E-state index is 11.1. The lowest BCUT2D eigenvalue weighted by molar-refractivity contribution is -0.143. The van der Waals surface area contributed by atoms with E-state index in [-0.39, 0.29) is 5.97 Å². The van der Waals surface area contributed by atoms with E-state index in [1.54, 1.807) is 0 Å². The third-order valence-electron chi connectivity index (χ3n) is 3.94. The predicted molar refractivity (Wildman–Crippen MR) is 74.5 cm³/mol. The molecule has 1 aliphatic rings. The van der Waals surface area contributed by atoms with Crippen molar-refractivity contribution in [1.29, 1.82) is 0 Å². The van der Waals surface area contributed by atoms with Crippen LogP contribution in [0.2, 0.25) is 0 Å². The monoisotopic (exact) mass is 255 g/mol. The Morgan fingerprint density at radius 3 is 2.67 bits per heavy atom. The van der Waals surface area contributed by atoms with Crippen LogP contribution in [0, 0.1) is 5.92 Å². The van der Waals surface area contributed by atoms with Crippen LogP contribution < -0.4 is 5.32 Å². The lowest BCUT2D eigenvalue weighted by atomic mass is 10.00. The minimum atomic E-state index is -0.0511. The fourth-order valence-corrected chi connectivity index (χ4v) is 2.76. The number of hydrogen-bond acceptors (Lipinski definition) is 3. The highest BCUT2D eigenvalue weighted by Gasteiger charge is 2.20. The van der Waals surface area contributed by atoms with Crippen molar-refractivity contribution in [2.75, 3.05) is 13.2 Å². The Kier molecular flexibility index (Phi) is 8.06. The van der Waals surface area contributed by atoms with Gasteiger partial charge in [-0.2, -0.15) is 0 Å². The number of carbonyl (C=O) groups excluding carboxylic acids is 1. The summed E-state index contributed by atoms with van der Waals surface area (Å²) in [6.45, 7) is 5.75. The Hall–Kier alpha value is -0.570. The number of rotatable bonds is 9. The third-order valence-corrected chi connectivity index (χ3v) is 3.94. The standard InChI is InChI=1S/C15H29NO2/c1-3-18-15(17)11-5-4-8-12-16-13(2)14-9-6-7-10-14/h13-14,16H,3-12H2,1-2H3/t13-/m0/s1. The maximum atomic E-state index is 11.1. The molecule has 0 aliphatic heterocycles. The molecule has 0 bridgehead atoms. The molecule has 18 heavy (non-hydrogen) atoms. The minimum Gasteiger partial charge on any atom is -0.466 e. The normalized spacial score (nSPS) is 17.9. The molecule has 0 unspecified atom stereocenters. The van der Waals surface area contributed by atoms with Crippen molar-refractivity contribution in [3.05, 3.63) is 0 Å². The molecule has 1 fully saturated rings. The summed E-state index contributed by atoms with van der Waals surface area (Å²) >= 11 is 0. The van der Waals surface area contributed by atoms with Crippen LogP contribution in [0.25, 0.3) is 0 Å². The summed E-state index contributed by atoms with van der Waals surface area (Å²) < 4.78 is 4.90. The Bertz CT molecular complexity index is 225. The largest absolute Gasteiger partial charge is 0.466 e. The van der Waals surface area contributed by atoms with Gasteiger partial charge >= 0.3 is 5.97 Å². The molecule has 0 spiro atoms. The lowest BCUT2D eigenvalue weighted by Crippen LogP contribution is -2.32. The zero-order valence-electron chi connectivity index (χ0n) is 12.0. The van der Waals surface area contributed by atoms with Gasteiger partial charge in [0.15, 0.2) is 0 Å². The van der Waals surface area contributed by atoms with Crippen LogP contribution in [0.15, 0.2) is 0 Å². The summed E-state index contributed by atoms with van der Waals surface area (Å²) in [5.74, 6) is 0.842. The number of unbranched alkanes of at least 4 members (excludes halogenated alkanes) is 2. The average molecular weight is 255 g/mol. The van der Waals surface area contributed by atoms with Crippen LogP contribution in [0.4, 0.5) is 0 Å². The molecule has 0 aromatic carbocycles. The summed E-state index contributed by atoms with van der Waals surface area (Å²) in [6.07, 6.45) is 9.44. The van der Waals surface area contributed by atoms with E-state index in [4.69, 9.17) is 4.74 Å². The highest BCUT2D eigenvalue weighted by molar-refractivity contribution is 5.69. The number of hydrogen-bond donors (Lipinski definition) is 1. The molecule has 1 atom stereocenters. The van der Waals surface area contributed by atoms with Gasteiger partial charge in [0, 0.05) is 12.5 Å². The van der Waals surface area contributed by atoms with Gasteiger partial charge in [0.05, 0.1) is 6.61 Å². The lowest BCUT2D eigenvalue weighted by Gasteiger charge is -2.20. The van der Waals surface area contributed by atoms with E-state index in [2.05, 4.69) is 12.2 Å². The number of esters is 1. The highest BCUT2D eigenvalue weighted by atomic mass is 16.5. The first kappa shape index (κ1) is 15.5. The van der Waals surface area contributed by atoms with Crippen LogP contribution in [0.5, 0.6) is 0 Å². The predicted octanol–water partition coefficient (Wildman–Crippen LogP) is 3.28. The van der Waals surface area contributed by atoms with Crippen molar-refractivity contribution < 1.29 is 9.53 Å². The molecule has 0 heterocycles. The van der Waals surface area contributed by atoms with Gasteiger partial charge in [-0.1, -0.05) is 19.3 Å². The molecule has 3 nitrogen and oxygen atoms in total. The smallest absolute Gasteiger partial charge is 0.305 e. The van der Waals surface area contributed by atoms with E-state index < -0.39 is 0 Å². The Labute approximate surface area is 112 Å². The molecule has 1 N–H and O–H groups in total. The highest BCUT2D eigenvalue weighted by Crippen LogP contribution is 2.27. The van der Waals surface area contributed by atoms with Crippen molar-refractivity contribution in [2.45, 2.75) is 71.3 Å². The molecular weight excluding hydrogens is 226 g/mol. The van der Waals surface area contributed by atoms with E-state index >= 15 is 0 Å². The molecule has 1 saturated carbocycles. The Balaban J connectivity index is 1.90. The maximum Gasteiger partial charge on any atom is 0.305 e. The van der Waals surface area contributed by atoms with Crippen LogP contribution >= 0.6 is 0 Å². The average Bonchev–Trinajstić information content (AvgIpc) is 2.87. The van der Waals surface area contributed by atoms with Gasteiger partial charge in [-0.3, -0.25) is 4.79 Å². The van der Waals surface area contributed by atoms with Crippen molar-refractivity contribution in [3.8, 4) is 0 Å². The number of carbonyl (C=O) groups is 1. The Morgan fingerprint density at radius 1 is 1.28 bits per heavy atom. The second-order valence-corrected chi connectivity index (χ2v) is 5.40. The second kappa shape index (κ2) is 9.37. The van der Waals surface area contributed by atoms with Gasteiger partial charge in [0.1, 0.15) is 0 Å². The first-order valence-corrected chi connectivity index (χ1v) is 7.63. The van der Waals surface area contributed by atoms with Gasteiger partial charge in [-0.25, -0.2) is 0 Å². The minimum absolute atomic E-state index is 0.0511. The molecule has 3 heteroatoms. The molecule has 0 aromatic rings. The van der Waals surface area contributed by atoms with Crippen molar-refractivity contribution in [3.63, 3.8) is 0 Å². The van der Waals surface area contributed by atoms with Gasteiger partial charge < -0.3 is 10.1 Å². The van der Waals surface area contributed by atoms with Crippen LogP contribution in [-0.2, 0) is 9.53 Å². The van der Waals surface area contributed by atoms with Gasteiger partial charge in [0.25, 0.3) is 0 Å². The molecule has 106 valence electrons. The van der Waals surface area contributed by atoms with E-state index in [1.807, 2.05) is 6.92 Å². The van der Waals surface area contributed by atoms with Gasteiger partial charge in [-0.15, -0.1) is 0 Å². The molecule has 0 radical (unpaired) electrons. The zero-order chi connectivity index (χ0) is 13.2. The van der Waals surface area contributed by atoms with E-state index in [0.29, 0.717) is 19.1 Å². The first-order valence-electron chi connectivity index (χ1n) is 7.63. The van der Waals surface area contributed by atoms with Crippen LogP contribution in [0.1, 0.15) is 65.2 Å². The summed E-state index contributed by atoms with van der Waals surface area (Å²) in [5.41, 5.74) is 0. The molecule has 1 aliphatic carbocycles. The Morgan fingerprint density at radius 2 is 2.00 bits per heavy atom. The van der Waals surface area contributed by atoms with Gasteiger partial charge in [-0.05, 0) is 52.0 Å². The summed E-state index contributed by atoms with van der Waals surface area (Å²) in [6, 6.07) is 0.664. The van der Waals surface area contributed by atoms with Crippen LogP contribution in [-0.4, -0.2) is 25.2 Å². The molecule has 1 rings (SSSR count). The summed E-state index contributed by atoms with van der Waals surface area (Å²) in [7, 11) is 0. The van der Waals surface area contributed by atoms with E-state index in [9.17, 15) is 4.79 Å². The first-order chi connectivity index (χ1) is 8.74. The fraction of sp³-hybridized carbons (Fsp3) is 0.933. The van der Waals surface area contributed by atoms with E-state index in [1.165, 1.54) is 25.7 Å². The fourth-order valence-electron chi connectivity index (χ4n) is 2.76. The molecule has 0 amide bonds. The van der Waals surface area contributed by atoms with Crippen molar-refractivity contribution in [1.82, 2.24) is 5.32 Å². The third kappa shape index (κ3) is 6.39. The molecule has 0 aromatic heterocycles. The topological polar surface area (TPSA) is 38.3 Å². The molecule has 0 saturated heterocycles. The second-order valence-electron chi connectivity index (χ2n) is 5.40. The summed E-state index contributed by atoms with van der Waals surface area (Å²) in [5, 5.41) is 3.62.